The van der Waals surface area contributed by atoms with Gasteiger partial charge in [0.2, 0.25) is 0 Å². The second-order valence-electron chi connectivity index (χ2n) is 6.60. The van der Waals surface area contributed by atoms with Crippen LogP contribution < -0.4 is 11.3 Å². The van der Waals surface area contributed by atoms with Gasteiger partial charge >= 0.3 is 0 Å². The molecule has 1 unspecified atom stereocenters. The van der Waals surface area contributed by atoms with E-state index in [0.29, 0.717) is 12.1 Å². The topological polar surface area (TPSA) is 81.1 Å². The predicted octanol–water partition coefficient (Wildman–Crippen LogP) is 3.29. The minimum absolute atomic E-state index is 0.160. The highest BCUT2D eigenvalue weighted by Gasteiger charge is 2.17. The van der Waals surface area contributed by atoms with Gasteiger partial charge in [0.05, 0.1) is 17.2 Å². The van der Waals surface area contributed by atoms with Crippen molar-refractivity contribution in [3.8, 4) is 5.75 Å². The second kappa shape index (κ2) is 7.30. The number of aryl methyl sites for hydroxylation is 2. The van der Waals surface area contributed by atoms with E-state index in [1.54, 1.807) is 28.8 Å². The van der Waals surface area contributed by atoms with E-state index < -0.39 is 6.17 Å². The van der Waals surface area contributed by atoms with Crippen LogP contribution in [0.1, 0.15) is 49.3 Å². The fourth-order valence-corrected chi connectivity index (χ4v) is 3.47. The Morgan fingerprint density at radius 3 is 2.38 bits per heavy atom. The maximum atomic E-state index is 13.0. The predicted molar refractivity (Wildman–Crippen MR) is 105 cm³/mol. The smallest absolute Gasteiger partial charge is 0.274 e. The quantitative estimate of drug-likeness (QED) is 0.739. The first-order valence-electron chi connectivity index (χ1n) is 9.05. The fourth-order valence-electron chi connectivity index (χ4n) is 3.47. The van der Waals surface area contributed by atoms with Crippen molar-refractivity contribution < 1.29 is 5.11 Å². The van der Waals surface area contributed by atoms with Gasteiger partial charge in [-0.2, -0.15) is 0 Å². The molecule has 0 amide bonds. The molecule has 0 saturated carbocycles. The number of benzene rings is 2. The zero-order valence-electron chi connectivity index (χ0n) is 15.5. The molecule has 0 bridgehead atoms. The molecule has 0 fully saturated rings. The standard InChI is InChI=1S/C21H25N3O2/c1-4-15-8-11-19-20(17(15)5-2)23-18(21(26)24(19)13(3)22)12-14-6-9-16(25)10-7-14/h6-11,13,25H,4-5,12,22H2,1-3H3. The van der Waals surface area contributed by atoms with Gasteiger partial charge in [0.25, 0.3) is 5.56 Å². The van der Waals surface area contributed by atoms with Crippen molar-refractivity contribution in [2.75, 3.05) is 0 Å². The lowest BCUT2D eigenvalue weighted by Gasteiger charge is -2.18. The van der Waals surface area contributed by atoms with Gasteiger partial charge in [0.15, 0.2) is 0 Å². The molecular weight excluding hydrogens is 326 g/mol. The van der Waals surface area contributed by atoms with E-state index in [1.807, 2.05) is 13.0 Å². The summed E-state index contributed by atoms with van der Waals surface area (Å²) in [5.41, 5.74) is 11.4. The number of hydrogen-bond acceptors (Lipinski definition) is 4. The van der Waals surface area contributed by atoms with Crippen LogP contribution in [0, 0.1) is 0 Å². The number of phenolic OH excluding ortho intramolecular Hbond substituents is 1. The molecule has 1 aromatic heterocycles. The second-order valence-corrected chi connectivity index (χ2v) is 6.60. The van der Waals surface area contributed by atoms with E-state index >= 15 is 0 Å². The normalized spacial score (nSPS) is 12.5. The van der Waals surface area contributed by atoms with Gasteiger partial charge in [-0.1, -0.05) is 32.0 Å². The summed E-state index contributed by atoms with van der Waals surface area (Å²) in [5.74, 6) is 0.203. The number of phenols is 1. The lowest BCUT2D eigenvalue weighted by molar-refractivity contribution is 0.475. The monoisotopic (exact) mass is 351 g/mol. The first-order chi connectivity index (χ1) is 12.5. The first-order valence-corrected chi connectivity index (χ1v) is 9.05. The van der Waals surface area contributed by atoms with Crippen LogP contribution in [-0.4, -0.2) is 14.7 Å². The van der Waals surface area contributed by atoms with Crippen molar-refractivity contribution in [2.45, 2.75) is 46.2 Å². The molecule has 0 saturated heterocycles. The number of nitrogens with zero attached hydrogens (tertiary/aromatic N) is 2. The summed E-state index contributed by atoms with van der Waals surface area (Å²) in [6.07, 6.45) is 1.74. The largest absolute Gasteiger partial charge is 0.508 e. The minimum atomic E-state index is -0.441. The molecular formula is C21H25N3O2. The van der Waals surface area contributed by atoms with Crippen molar-refractivity contribution in [2.24, 2.45) is 5.73 Å². The molecule has 3 aromatic rings. The average Bonchev–Trinajstić information content (AvgIpc) is 2.62. The van der Waals surface area contributed by atoms with E-state index in [0.717, 1.165) is 29.4 Å². The van der Waals surface area contributed by atoms with Crippen molar-refractivity contribution >= 4 is 11.0 Å². The lowest BCUT2D eigenvalue weighted by atomic mass is 10.00. The fraction of sp³-hybridized carbons (Fsp3) is 0.333. The number of nitrogens with two attached hydrogens (primary N) is 1. The summed E-state index contributed by atoms with van der Waals surface area (Å²) < 4.78 is 1.64. The SMILES string of the molecule is CCc1ccc2c(nc(Cc3ccc(O)cc3)c(=O)n2C(C)N)c1CC. The molecule has 3 rings (SSSR count). The van der Waals surface area contributed by atoms with Crippen LogP contribution in [0.5, 0.6) is 5.75 Å². The minimum Gasteiger partial charge on any atom is -0.508 e. The summed E-state index contributed by atoms with van der Waals surface area (Å²) >= 11 is 0. The lowest BCUT2D eigenvalue weighted by Crippen LogP contribution is -2.32. The van der Waals surface area contributed by atoms with Crippen LogP contribution in [0.15, 0.2) is 41.2 Å². The van der Waals surface area contributed by atoms with Gasteiger partial charge in [0, 0.05) is 6.42 Å². The molecule has 1 atom stereocenters. The summed E-state index contributed by atoms with van der Waals surface area (Å²) in [6, 6.07) is 10.9. The Morgan fingerprint density at radius 2 is 1.81 bits per heavy atom. The molecule has 3 N–H and O–H groups in total. The Bertz CT molecular complexity index is 989. The van der Waals surface area contributed by atoms with E-state index in [4.69, 9.17) is 10.7 Å². The molecule has 0 aliphatic rings. The number of hydrogen-bond donors (Lipinski definition) is 2. The highest BCUT2D eigenvalue weighted by Crippen LogP contribution is 2.23. The van der Waals surface area contributed by atoms with E-state index in [2.05, 4.69) is 19.9 Å². The maximum Gasteiger partial charge on any atom is 0.274 e. The van der Waals surface area contributed by atoms with Gasteiger partial charge in [-0.05, 0) is 54.7 Å². The molecule has 0 aliphatic heterocycles. The third-order valence-electron chi connectivity index (χ3n) is 4.78. The van der Waals surface area contributed by atoms with Crippen LogP contribution >= 0.6 is 0 Å². The Balaban J connectivity index is 2.27. The molecule has 2 aromatic carbocycles. The number of aromatic hydroxyl groups is 1. The molecule has 0 spiro atoms. The molecule has 5 heteroatoms. The van der Waals surface area contributed by atoms with Crippen molar-refractivity contribution in [3.63, 3.8) is 0 Å². The van der Waals surface area contributed by atoms with Crippen LogP contribution in [0.3, 0.4) is 0 Å². The van der Waals surface area contributed by atoms with Gasteiger partial charge in [-0.3, -0.25) is 9.36 Å². The number of aromatic nitrogens is 2. The third kappa shape index (κ3) is 3.22. The summed E-state index contributed by atoms with van der Waals surface area (Å²) in [6.45, 7) is 6.04. The molecule has 1 heterocycles. The number of rotatable bonds is 5. The van der Waals surface area contributed by atoms with E-state index in [-0.39, 0.29) is 11.3 Å². The van der Waals surface area contributed by atoms with Crippen molar-refractivity contribution in [1.29, 1.82) is 0 Å². The van der Waals surface area contributed by atoms with E-state index in [1.165, 1.54) is 11.1 Å². The third-order valence-corrected chi connectivity index (χ3v) is 4.78. The van der Waals surface area contributed by atoms with E-state index in [9.17, 15) is 9.90 Å². The maximum absolute atomic E-state index is 13.0. The Kier molecular flexibility index (Phi) is 5.09. The Hall–Kier alpha value is -2.66. The average molecular weight is 351 g/mol. The molecule has 0 radical (unpaired) electrons. The molecule has 0 aliphatic carbocycles. The summed E-state index contributed by atoms with van der Waals surface area (Å²) in [5, 5.41) is 9.46. The summed E-state index contributed by atoms with van der Waals surface area (Å²) in [4.78, 5) is 17.8. The highest BCUT2D eigenvalue weighted by atomic mass is 16.3. The van der Waals surface area contributed by atoms with Gasteiger partial charge in [-0.15, -0.1) is 0 Å². The van der Waals surface area contributed by atoms with Crippen LogP contribution in [0.4, 0.5) is 0 Å². The van der Waals surface area contributed by atoms with Gasteiger partial charge < -0.3 is 10.8 Å². The Labute approximate surface area is 153 Å². The van der Waals surface area contributed by atoms with Gasteiger partial charge in [-0.25, -0.2) is 4.98 Å². The number of fused-ring (bicyclic) bond motifs is 1. The molecule has 5 nitrogen and oxygen atoms in total. The van der Waals surface area contributed by atoms with Crippen LogP contribution in [0.25, 0.3) is 11.0 Å². The van der Waals surface area contributed by atoms with Gasteiger partial charge in [0.1, 0.15) is 11.4 Å². The van der Waals surface area contributed by atoms with Crippen molar-refractivity contribution in [3.05, 3.63) is 69.1 Å². The zero-order valence-corrected chi connectivity index (χ0v) is 15.5. The van der Waals surface area contributed by atoms with Crippen molar-refractivity contribution in [1.82, 2.24) is 9.55 Å². The van der Waals surface area contributed by atoms with Crippen LogP contribution in [0.2, 0.25) is 0 Å². The summed E-state index contributed by atoms with van der Waals surface area (Å²) in [7, 11) is 0. The Morgan fingerprint density at radius 1 is 1.12 bits per heavy atom. The molecule has 26 heavy (non-hydrogen) atoms. The zero-order chi connectivity index (χ0) is 18.8. The van der Waals surface area contributed by atoms with Crippen LogP contribution in [-0.2, 0) is 19.3 Å². The highest BCUT2D eigenvalue weighted by molar-refractivity contribution is 5.80. The molecule has 136 valence electrons. The first kappa shape index (κ1) is 18.1.